The van der Waals surface area contributed by atoms with E-state index in [-0.39, 0.29) is 41.3 Å². The molecule has 1 heterocycles. The first-order valence-electron chi connectivity index (χ1n) is 14.0. The lowest BCUT2D eigenvalue weighted by Crippen LogP contribution is -2.43. The summed E-state index contributed by atoms with van der Waals surface area (Å²) in [6, 6.07) is 9.61. The van der Waals surface area contributed by atoms with Crippen molar-refractivity contribution in [2.45, 2.75) is 69.0 Å². The Morgan fingerprint density at radius 3 is 2.29 bits per heavy atom. The van der Waals surface area contributed by atoms with E-state index < -0.39 is 38.2 Å². The van der Waals surface area contributed by atoms with Crippen LogP contribution in [0.25, 0.3) is 0 Å². The van der Waals surface area contributed by atoms with Gasteiger partial charge in [-0.15, -0.1) is 0 Å². The van der Waals surface area contributed by atoms with Crippen LogP contribution in [-0.4, -0.2) is 76.1 Å². The van der Waals surface area contributed by atoms with E-state index >= 15 is 0 Å². The zero-order valence-electron chi connectivity index (χ0n) is 24.2. The number of nitrogens with zero attached hydrogens (tertiary/aromatic N) is 1. The number of aromatic hydroxyl groups is 1. The summed E-state index contributed by atoms with van der Waals surface area (Å²) in [5.41, 5.74) is 1.31. The summed E-state index contributed by atoms with van der Waals surface area (Å²) in [7, 11) is -7.59. The van der Waals surface area contributed by atoms with Gasteiger partial charge in [0.05, 0.1) is 22.9 Å². The first kappa shape index (κ1) is 33.6. The lowest BCUT2D eigenvalue weighted by molar-refractivity contribution is -0.139. The molecule has 0 radical (unpaired) electrons. The Bertz CT molecular complexity index is 1410. The predicted octanol–water partition coefficient (Wildman–Crippen LogP) is 2.61. The zero-order valence-corrected chi connectivity index (χ0v) is 25.8. The SMILES string of the molecule is CCCC(C)C[C@H](NS(=O)(=O)c1ccc(N2CCC(NC[C@@H](O)c3ccc(O)c(NS(C)(=O)=O)c3)CC2)cc1)C(=O)O. The maximum Gasteiger partial charge on any atom is 0.321 e. The van der Waals surface area contributed by atoms with E-state index in [2.05, 4.69) is 19.7 Å². The number of aliphatic hydroxyl groups excluding tert-OH is 1. The Morgan fingerprint density at radius 2 is 1.71 bits per heavy atom. The molecule has 6 N–H and O–H groups in total. The van der Waals surface area contributed by atoms with E-state index in [9.17, 15) is 36.9 Å². The van der Waals surface area contributed by atoms with E-state index in [1.165, 1.54) is 30.3 Å². The number of hydrogen-bond acceptors (Lipinski definition) is 9. The topological polar surface area (TPSA) is 185 Å². The molecular formula is C28H42N4O8S2. The molecule has 2 aromatic carbocycles. The number of aliphatic carboxylic acids is 1. The standard InChI is InChI=1S/C28H42N4O8S2/c1-4-5-19(2)16-25(28(35)36)31-42(39,40)23-9-7-22(8-10-23)32-14-12-21(13-15-32)29-18-27(34)20-6-11-26(33)24(17-20)30-41(3,37)38/h6-11,17,19,21,25,27,29-31,33-34H,4-5,12-16,18H2,1-3H3,(H,35,36)/t19?,25-,27+/m0/s1. The van der Waals surface area contributed by atoms with Gasteiger partial charge in [0.15, 0.2) is 0 Å². The number of nitrogens with one attached hydrogen (secondary N) is 3. The zero-order chi connectivity index (χ0) is 31.1. The molecule has 1 saturated heterocycles. The third-order valence-corrected chi connectivity index (χ3v) is 9.40. The summed E-state index contributed by atoms with van der Waals surface area (Å²) in [4.78, 5) is 13.8. The molecule has 0 aliphatic carbocycles. The van der Waals surface area contributed by atoms with Gasteiger partial charge in [-0.2, -0.15) is 4.72 Å². The van der Waals surface area contributed by atoms with Crippen LogP contribution in [0, 0.1) is 5.92 Å². The Balaban J connectivity index is 1.52. The summed E-state index contributed by atoms with van der Waals surface area (Å²) < 4.78 is 53.4. The Kier molecular flexibility index (Phi) is 11.6. The summed E-state index contributed by atoms with van der Waals surface area (Å²) in [5.74, 6) is -1.36. The van der Waals surface area contributed by atoms with Crippen molar-refractivity contribution in [1.82, 2.24) is 10.0 Å². The Labute approximate surface area is 248 Å². The molecule has 1 aliphatic rings. The third-order valence-electron chi connectivity index (χ3n) is 7.32. The van der Waals surface area contributed by atoms with Gasteiger partial charge in [-0.25, -0.2) is 16.8 Å². The highest BCUT2D eigenvalue weighted by molar-refractivity contribution is 7.92. The molecule has 2 aromatic rings. The van der Waals surface area contributed by atoms with Gasteiger partial charge in [0.2, 0.25) is 20.0 Å². The average molecular weight is 627 g/mol. The monoisotopic (exact) mass is 626 g/mol. The van der Waals surface area contributed by atoms with Crippen LogP contribution in [0.15, 0.2) is 47.4 Å². The van der Waals surface area contributed by atoms with Crippen LogP contribution in [0.1, 0.15) is 57.6 Å². The van der Waals surface area contributed by atoms with Gasteiger partial charge < -0.3 is 25.5 Å². The van der Waals surface area contributed by atoms with Crippen molar-refractivity contribution in [2.24, 2.45) is 5.92 Å². The van der Waals surface area contributed by atoms with Crippen molar-refractivity contribution in [3.05, 3.63) is 48.0 Å². The molecule has 234 valence electrons. The van der Waals surface area contributed by atoms with E-state index in [1.807, 2.05) is 13.8 Å². The number of sulfonamides is 2. The van der Waals surface area contributed by atoms with Crippen LogP contribution in [0.3, 0.4) is 0 Å². The van der Waals surface area contributed by atoms with Crippen molar-refractivity contribution in [2.75, 3.05) is 35.5 Å². The lowest BCUT2D eigenvalue weighted by atomic mass is 9.98. The van der Waals surface area contributed by atoms with Gasteiger partial charge in [-0.1, -0.05) is 32.8 Å². The second-order valence-corrected chi connectivity index (χ2v) is 14.4. The first-order valence-corrected chi connectivity index (χ1v) is 17.4. The van der Waals surface area contributed by atoms with Gasteiger partial charge >= 0.3 is 5.97 Å². The minimum absolute atomic E-state index is 0.000216. The maximum absolute atomic E-state index is 12.9. The largest absolute Gasteiger partial charge is 0.506 e. The molecule has 12 nitrogen and oxygen atoms in total. The molecule has 0 bridgehead atoms. The number of anilines is 2. The number of phenols is 1. The van der Waals surface area contributed by atoms with Crippen molar-refractivity contribution in [1.29, 1.82) is 0 Å². The summed E-state index contributed by atoms with van der Waals surface area (Å²) in [6.45, 7) is 5.56. The molecule has 42 heavy (non-hydrogen) atoms. The van der Waals surface area contributed by atoms with Crippen LogP contribution >= 0.6 is 0 Å². The molecule has 1 unspecified atom stereocenters. The molecule has 14 heteroatoms. The van der Waals surface area contributed by atoms with Crippen molar-refractivity contribution >= 4 is 37.4 Å². The molecule has 0 saturated carbocycles. The Morgan fingerprint density at radius 1 is 1.07 bits per heavy atom. The fourth-order valence-corrected chi connectivity index (χ4v) is 6.85. The van der Waals surface area contributed by atoms with Crippen LogP contribution in [0.5, 0.6) is 5.75 Å². The molecule has 0 amide bonds. The highest BCUT2D eigenvalue weighted by Crippen LogP contribution is 2.28. The van der Waals surface area contributed by atoms with E-state index in [4.69, 9.17) is 0 Å². The van der Waals surface area contributed by atoms with Crippen LogP contribution in [0.2, 0.25) is 0 Å². The molecule has 0 spiro atoms. The van der Waals surface area contributed by atoms with E-state index in [0.717, 1.165) is 37.6 Å². The minimum Gasteiger partial charge on any atom is -0.506 e. The number of carbonyl (C=O) groups is 1. The molecular weight excluding hydrogens is 584 g/mol. The quantitative estimate of drug-likeness (QED) is 0.161. The fraction of sp³-hybridized carbons (Fsp3) is 0.536. The molecule has 1 aliphatic heterocycles. The number of carboxylic acid groups (broad SMARTS) is 1. The molecule has 1 fully saturated rings. The highest BCUT2D eigenvalue weighted by atomic mass is 32.2. The number of aliphatic hydroxyl groups is 1. The molecule has 0 aromatic heterocycles. The number of phenolic OH excluding ortho intramolecular Hbond substituents is 1. The van der Waals surface area contributed by atoms with Crippen LogP contribution < -0.4 is 19.7 Å². The lowest BCUT2D eigenvalue weighted by Gasteiger charge is -2.34. The predicted molar refractivity (Wildman–Crippen MR) is 162 cm³/mol. The second kappa shape index (κ2) is 14.5. The van der Waals surface area contributed by atoms with E-state index in [0.29, 0.717) is 18.7 Å². The van der Waals surface area contributed by atoms with Gasteiger partial charge in [-0.05, 0) is 67.1 Å². The number of piperidine rings is 1. The molecule has 3 rings (SSSR count). The van der Waals surface area contributed by atoms with Crippen LogP contribution in [-0.2, 0) is 24.8 Å². The van der Waals surface area contributed by atoms with Crippen molar-refractivity contribution < 1.29 is 36.9 Å². The number of benzene rings is 2. The minimum atomic E-state index is -4.00. The highest BCUT2D eigenvalue weighted by Gasteiger charge is 2.27. The smallest absolute Gasteiger partial charge is 0.321 e. The van der Waals surface area contributed by atoms with Crippen LogP contribution in [0.4, 0.5) is 11.4 Å². The summed E-state index contributed by atoms with van der Waals surface area (Å²) >= 11 is 0. The van der Waals surface area contributed by atoms with Crippen molar-refractivity contribution in [3.63, 3.8) is 0 Å². The summed E-state index contributed by atoms with van der Waals surface area (Å²) in [5, 5.41) is 33.4. The van der Waals surface area contributed by atoms with Gasteiger partial charge in [0, 0.05) is 31.4 Å². The molecule has 3 atom stereocenters. The third kappa shape index (κ3) is 9.83. The van der Waals surface area contributed by atoms with Gasteiger partial charge in [0.25, 0.3) is 0 Å². The number of carboxylic acids is 1. The van der Waals surface area contributed by atoms with Gasteiger partial charge in [0.1, 0.15) is 11.8 Å². The maximum atomic E-state index is 12.9. The fourth-order valence-electron chi connectivity index (χ4n) is 5.08. The Hall–Kier alpha value is -2.91. The summed E-state index contributed by atoms with van der Waals surface area (Å²) in [6.07, 6.45) is 3.55. The first-order chi connectivity index (χ1) is 19.7. The van der Waals surface area contributed by atoms with Crippen molar-refractivity contribution in [3.8, 4) is 5.75 Å². The normalized spacial score (nSPS) is 17.0. The number of hydrogen-bond donors (Lipinski definition) is 6. The number of rotatable bonds is 15. The second-order valence-electron chi connectivity index (χ2n) is 11.0. The van der Waals surface area contributed by atoms with E-state index in [1.54, 1.807) is 12.1 Å². The van der Waals surface area contributed by atoms with Gasteiger partial charge in [-0.3, -0.25) is 9.52 Å². The average Bonchev–Trinajstić information content (AvgIpc) is 2.92.